The number of carboxylic acid groups (broad SMARTS) is 1. The number of carbonyl (C=O) groups excluding carboxylic acids is 2. The Bertz CT molecular complexity index is 1430. The zero-order valence-electron chi connectivity index (χ0n) is 21.5. The van der Waals surface area contributed by atoms with Gasteiger partial charge in [-0.15, -0.1) is 11.3 Å². The highest BCUT2D eigenvalue weighted by Gasteiger charge is 2.42. The summed E-state index contributed by atoms with van der Waals surface area (Å²) in [5.41, 5.74) is 3.53. The Morgan fingerprint density at radius 3 is 2.56 bits per heavy atom. The highest BCUT2D eigenvalue weighted by molar-refractivity contribution is 7.14. The molecule has 2 aliphatic heterocycles. The van der Waals surface area contributed by atoms with E-state index in [1.165, 1.54) is 11.3 Å². The fourth-order valence-electron chi connectivity index (χ4n) is 5.78. The predicted octanol–water partition coefficient (Wildman–Crippen LogP) is 5.41. The van der Waals surface area contributed by atoms with E-state index in [2.05, 4.69) is 11.1 Å². The van der Waals surface area contributed by atoms with Crippen molar-refractivity contribution in [1.82, 2.24) is 9.97 Å². The van der Waals surface area contributed by atoms with Gasteiger partial charge in [0.2, 0.25) is 11.8 Å². The first-order valence-electron chi connectivity index (χ1n) is 13.5. The molecule has 0 spiro atoms. The van der Waals surface area contributed by atoms with Crippen LogP contribution in [-0.4, -0.2) is 45.9 Å². The van der Waals surface area contributed by atoms with E-state index in [4.69, 9.17) is 4.98 Å². The zero-order chi connectivity index (χ0) is 26.9. The first-order chi connectivity index (χ1) is 19.0. The van der Waals surface area contributed by atoms with Crippen molar-refractivity contribution in [1.29, 1.82) is 0 Å². The van der Waals surface area contributed by atoms with Crippen LogP contribution in [0.2, 0.25) is 0 Å². The van der Waals surface area contributed by atoms with E-state index in [0.29, 0.717) is 36.4 Å². The maximum absolute atomic E-state index is 13.7. The van der Waals surface area contributed by atoms with Crippen LogP contribution in [-0.2, 0) is 14.4 Å². The monoisotopic (exact) mass is 542 g/mol. The van der Waals surface area contributed by atoms with E-state index in [-0.39, 0.29) is 24.2 Å². The summed E-state index contributed by atoms with van der Waals surface area (Å²) < 4.78 is 0. The van der Waals surface area contributed by atoms with Crippen molar-refractivity contribution in [2.75, 3.05) is 22.9 Å². The quantitative estimate of drug-likeness (QED) is 0.401. The van der Waals surface area contributed by atoms with Gasteiger partial charge in [0.15, 0.2) is 5.13 Å². The number of benzene rings is 1. The van der Waals surface area contributed by atoms with Gasteiger partial charge in [0.1, 0.15) is 5.82 Å². The number of carbonyl (C=O) groups is 3. The molecule has 1 N–H and O–H groups in total. The Morgan fingerprint density at radius 2 is 1.87 bits per heavy atom. The Labute approximate surface area is 231 Å². The fourth-order valence-corrected chi connectivity index (χ4v) is 6.62. The second-order valence-corrected chi connectivity index (χ2v) is 11.3. The average Bonchev–Trinajstić information content (AvgIpc) is 3.50. The summed E-state index contributed by atoms with van der Waals surface area (Å²) in [6.07, 6.45) is 10.00. The van der Waals surface area contributed by atoms with Crippen molar-refractivity contribution in [3.63, 3.8) is 0 Å². The summed E-state index contributed by atoms with van der Waals surface area (Å²) in [4.78, 5) is 50.3. The third kappa shape index (κ3) is 5.23. The normalized spacial score (nSPS) is 21.7. The van der Waals surface area contributed by atoms with Gasteiger partial charge in [-0.3, -0.25) is 24.2 Å². The standard InChI is InChI=1S/C30H30N4O4S/c35-27-9-5-15-33(27)26-13-12-20(17-31-26)22-6-1-2-8-23(22)25-18-39-30(32-25)34-14-4-3-7-21(19-10-11-19)24(29(34)38)16-28(36)37/h1-4,6,8,12-13,17-19,21,24H,5,7,9-11,14-16H2,(H,36,37). The molecule has 0 radical (unpaired) electrons. The molecule has 2 aromatic heterocycles. The molecular formula is C30H30N4O4S. The summed E-state index contributed by atoms with van der Waals surface area (Å²) in [5.74, 6) is -0.391. The number of aromatic nitrogens is 2. The molecule has 3 aromatic rings. The number of hydrogen-bond donors (Lipinski definition) is 1. The number of hydrogen-bond acceptors (Lipinski definition) is 6. The Balaban J connectivity index is 1.29. The third-order valence-electron chi connectivity index (χ3n) is 7.92. The largest absolute Gasteiger partial charge is 0.481 e. The molecule has 1 saturated heterocycles. The van der Waals surface area contributed by atoms with Crippen LogP contribution in [0, 0.1) is 17.8 Å². The summed E-state index contributed by atoms with van der Waals surface area (Å²) in [5, 5.41) is 12.1. The highest BCUT2D eigenvalue weighted by Crippen LogP contribution is 2.45. The van der Waals surface area contributed by atoms with Gasteiger partial charge in [0, 0.05) is 42.2 Å². The lowest BCUT2D eigenvalue weighted by atomic mass is 9.81. The van der Waals surface area contributed by atoms with Crippen LogP contribution >= 0.6 is 11.3 Å². The second kappa shape index (κ2) is 10.7. The number of allylic oxidation sites excluding steroid dienone is 1. The molecular weight excluding hydrogens is 512 g/mol. The Kier molecular flexibility index (Phi) is 6.99. The molecule has 2 amide bonds. The molecule has 8 nitrogen and oxygen atoms in total. The van der Waals surface area contributed by atoms with Gasteiger partial charge in [0.25, 0.3) is 0 Å². The van der Waals surface area contributed by atoms with Crippen LogP contribution < -0.4 is 9.80 Å². The second-order valence-electron chi connectivity index (χ2n) is 10.5. The molecule has 1 aliphatic carbocycles. The summed E-state index contributed by atoms with van der Waals surface area (Å²) in [6, 6.07) is 11.8. The fraction of sp³-hybridized carbons (Fsp3) is 0.367. The first kappa shape index (κ1) is 25.4. The Morgan fingerprint density at radius 1 is 1.05 bits per heavy atom. The van der Waals surface area contributed by atoms with Crippen LogP contribution in [0.15, 0.2) is 60.1 Å². The average molecular weight is 543 g/mol. The van der Waals surface area contributed by atoms with Crippen molar-refractivity contribution in [2.24, 2.45) is 17.8 Å². The van der Waals surface area contributed by atoms with Crippen molar-refractivity contribution in [3.8, 4) is 22.4 Å². The van der Waals surface area contributed by atoms with E-state index in [1.54, 1.807) is 16.0 Å². The minimum absolute atomic E-state index is 0.0548. The van der Waals surface area contributed by atoms with E-state index >= 15 is 0 Å². The summed E-state index contributed by atoms with van der Waals surface area (Å²) in [6.45, 7) is 1.07. The van der Waals surface area contributed by atoms with Crippen molar-refractivity contribution in [3.05, 3.63) is 60.1 Å². The maximum Gasteiger partial charge on any atom is 0.304 e. The number of nitrogens with zero attached hydrogens (tertiary/aromatic N) is 4. The van der Waals surface area contributed by atoms with Gasteiger partial charge < -0.3 is 5.11 Å². The van der Waals surface area contributed by atoms with Crippen molar-refractivity contribution in [2.45, 2.75) is 38.5 Å². The van der Waals surface area contributed by atoms with Crippen molar-refractivity contribution < 1.29 is 19.5 Å². The third-order valence-corrected chi connectivity index (χ3v) is 8.78. The van der Waals surface area contributed by atoms with E-state index in [1.807, 2.05) is 47.9 Å². The lowest BCUT2D eigenvalue weighted by Gasteiger charge is -2.31. The SMILES string of the molecule is O=C(O)CC1C(=O)N(c2nc(-c3ccccc3-c3ccc(N4CCCC4=O)nc3)cs2)CC=CCC1C1CC1. The molecule has 39 heavy (non-hydrogen) atoms. The number of anilines is 2. The molecule has 1 aromatic carbocycles. The van der Waals surface area contributed by atoms with Gasteiger partial charge >= 0.3 is 5.97 Å². The summed E-state index contributed by atoms with van der Waals surface area (Å²) >= 11 is 1.39. The van der Waals surface area contributed by atoms with Crippen LogP contribution in [0.4, 0.5) is 10.9 Å². The predicted molar refractivity (Wildman–Crippen MR) is 150 cm³/mol. The Hall–Kier alpha value is -3.85. The first-order valence-corrected chi connectivity index (χ1v) is 14.4. The number of pyridine rings is 1. The van der Waals surface area contributed by atoms with Gasteiger partial charge in [0.05, 0.1) is 18.0 Å². The number of carboxylic acids is 1. The molecule has 9 heteroatoms. The van der Waals surface area contributed by atoms with E-state index in [9.17, 15) is 19.5 Å². The molecule has 2 fully saturated rings. The van der Waals surface area contributed by atoms with Crippen LogP contribution in [0.25, 0.3) is 22.4 Å². The van der Waals surface area contributed by atoms with E-state index in [0.717, 1.165) is 48.1 Å². The zero-order valence-corrected chi connectivity index (χ0v) is 22.3. The number of amides is 2. The molecule has 1 saturated carbocycles. The van der Waals surface area contributed by atoms with Gasteiger partial charge in [-0.05, 0) is 55.2 Å². The molecule has 2 unspecified atom stereocenters. The number of rotatable bonds is 7. The molecule has 2 atom stereocenters. The van der Waals surface area contributed by atoms with Gasteiger partial charge in [-0.1, -0.05) is 36.4 Å². The van der Waals surface area contributed by atoms with E-state index < -0.39 is 11.9 Å². The lowest BCUT2D eigenvalue weighted by molar-refractivity contribution is -0.141. The molecule has 200 valence electrons. The lowest BCUT2D eigenvalue weighted by Crippen LogP contribution is -2.42. The summed E-state index contributed by atoms with van der Waals surface area (Å²) in [7, 11) is 0. The molecule has 0 bridgehead atoms. The van der Waals surface area contributed by atoms with Gasteiger partial charge in [-0.2, -0.15) is 0 Å². The molecule has 4 heterocycles. The topological polar surface area (TPSA) is 104 Å². The van der Waals surface area contributed by atoms with Crippen LogP contribution in [0.3, 0.4) is 0 Å². The van der Waals surface area contributed by atoms with Crippen LogP contribution in [0.5, 0.6) is 0 Å². The molecule has 6 rings (SSSR count). The minimum atomic E-state index is -0.939. The number of thiazole rings is 1. The maximum atomic E-state index is 13.7. The van der Waals surface area contributed by atoms with Crippen molar-refractivity contribution >= 4 is 40.1 Å². The number of aliphatic carboxylic acids is 1. The smallest absolute Gasteiger partial charge is 0.304 e. The van der Waals surface area contributed by atoms with Gasteiger partial charge in [-0.25, -0.2) is 9.97 Å². The minimum Gasteiger partial charge on any atom is -0.481 e. The highest BCUT2D eigenvalue weighted by atomic mass is 32.1. The molecule has 3 aliphatic rings. The van der Waals surface area contributed by atoms with Crippen LogP contribution in [0.1, 0.15) is 38.5 Å².